The van der Waals surface area contributed by atoms with Gasteiger partial charge in [-0.2, -0.15) is 5.26 Å². The number of hydrogen-bond acceptors (Lipinski definition) is 3. The van der Waals surface area contributed by atoms with Gasteiger partial charge in [0.15, 0.2) is 0 Å². The van der Waals surface area contributed by atoms with Crippen LogP contribution in [0.25, 0.3) is 11.3 Å². The van der Waals surface area contributed by atoms with E-state index in [1.807, 2.05) is 16.7 Å². The SMILES string of the molecule is C#CCn1c(C(C)C)nc(-c2ccc(C#N)cc2)c1N. The second kappa shape index (κ2) is 5.50. The Morgan fingerprint density at radius 2 is 2.00 bits per heavy atom. The molecule has 20 heavy (non-hydrogen) atoms. The number of terminal acetylenes is 1. The minimum Gasteiger partial charge on any atom is -0.383 e. The number of hydrogen-bond donors (Lipinski definition) is 1. The first-order valence-corrected chi connectivity index (χ1v) is 6.38. The lowest BCUT2D eigenvalue weighted by Crippen LogP contribution is -2.07. The van der Waals surface area contributed by atoms with E-state index in [-0.39, 0.29) is 5.92 Å². The Morgan fingerprint density at radius 1 is 1.35 bits per heavy atom. The summed E-state index contributed by atoms with van der Waals surface area (Å²) in [5, 5.41) is 8.83. The van der Waals surface area contributed by atoms with Crippen molar-refractivity contribution < 1.29 is 0 Å². The highest BCUT2D eigenvalue weighted by Crippen LogP contribution is 2.29. The van der Waals surface area contributed by atoms with Gasteiger partial charge in [0.05, 0.1) is 18.2 Å². The first-order valence-electron chi connectivity index (χ1n) is 6.38. The van der Waals surface area contributed by atoms with Crippen molar-refractivity contribution in [2.75, 3.05) is 5.73 Å². The van der Waals surface area contributed by atoms with Crippen molar-refractivity contribution in [1.82, 2.24) is 9.55 Å². The summed E-state index contributed by atoms with van der Waals surface area (Å²) >= 11 is 0. The lowest BCUT2D eigenvalue weighted by molar-refractivity contribution is 0.691. The van der Waals surface area contributed by atoms with Crippen LogP contribution in [0.15, 0.2) is 24.3 Å². The number of imidazole rings is 1. The van der Waals surface area contributed by atoms with Crippen LogP contribution in [0.1, 0.15) is 31.2 Å². The van der Waals surface area contributed by atoms with Crippen LogP contribution in [0.2, 0.25) is 0 Å². The molecule has 1 heterocycles. The van der Waals surface area contributed by atoms with Gasteiger partial charge in [0.25, 0.3) is 0 Å². The molecular formula is C16H16N4. The number of anilines is 1. The largest absolute Gasteiger partial charge is 0.383 e. The molecule has 0 radical (unpaired) electrons. The molecule has 0 unspecified atom stereocenters. The van der Waals surface area contributed by atoms with Crippen molar-refractivity contribution in [2.45, 2.75) is 26.3 Å². The Labute approximate surface area is 118 Å². The summed E-state index contributed by atoms with van der Waals surface area (Å²) in [6, 6.07) is 9.30. The molecule has 1 aromatic carbocycles. The van der Waals surface area contributed by atoms with Crippen molar-refractivity contribution in [3.63, 3.8) is 0 Å². The molecule has 0 atom stereocenters. The Balaban J connectivity index is 2.54. The molecule has 4 heteroatoms. The van der Waals surface area contributed by atoms with Crippen LogP contribution >= 0.6 is 0 Å². The van der Waals surface area contributed by atoms with Crippen LogP contribution in [0, 0.1) is 23.7 Å². The summed E-state index contributed by atoms with van der Waals surface area (Å²) in [5.74, 6) is 4.28. The molecule has 0 aliphatic rings. The molecule has 2 aromatic rings. The Hall–Kier alpha value is -2.72. The average molecular weight is 264 g/mol. The van der Waals surface area contributed by atoms with E-state index in [9.17, 15) is 0 Å². The summed E-state index contributed by atoms with van der Waals surface area (Å²) < 4.78 is 1.86. The van der Waals surface area contributed by atoms with Gasteiger partial charge < -0.3 is 10.3 Å². The molecule has 2 N–H and O–H groups in total. The lowest BCUT2D eigenvalue weighted by Gasteiger charge is -2.08. The highest BCUT2D eigenvalue weighted by atomic mass is 15.1. The van der Waals surface area contributed by atoms with Gasteiger partial charge >= 0.3 is 0 Å². The maximum absolute atomic E-state index is 8.83. The molecule has 100 valence electrons. The number of nitrogens with zero attached hydrogens (tertiary/aromatic N) is 3. The van der Waals surface area contributed by atoms with E-state index in [0.29, 0.717) is 23.6 Å². The predicted molar refractivity (Wildman–Crippen MR) is 79.7 cm³/mol. The number of nitrogens with two attached hydrogens (primary N) is 1. The third-order valence-electron chi connectivity index (χ3n) is 3.09. The second-order valence-electron chi connectivity index (χ2n) is 4.84. The van der Waals surface area contributed by atoms with Gasteiger partial charge in [-0.25, -0.2) is 4.98 Å². The van der Waals surface area contributed by atoms with E-state index < -0.39 is 0 Å². The van der Waals surface area contributed by atoms with Crippen LogP contribution in [-0.4, -0.2) is 9.55 Å². The zero-order valence-corrected chi connectivity index (χ0v) is 11.6. The monoisotopic (exact) mass is 264 g/mol. The summed E-state index contributed by atoms with van der Waals surface area (Å²) in [5.41, 5.74) is 8.39. The molecule has 2 rings (SSSR count). The molecule has 0 aliphatic heterocycles. The molecule has 0 bridgehead atoms. The fourth-order valence-electron chi connectivity index (χ4n) is 2.10. The average Bonchev–Trinajstić information content (AvgIpc) is 2.77. The third-order valence-corrected chi connectivity index (χ3v) is 3.09. The van der Waals surface area contributed by atoms with Gasteiger partial charge in [-0.15, -0.1) is 6.42 Å². The first kappa shape index (κ1) is 13.7. The predicted octanol–water partition coefficient (Wildman–Crippen LogP) is 2.76. The molecule has 0 saturated carbocycles. The Morgan fingerprint density at radius 3 is 2.50 bits per heavy atom. The summed E-state index contributed by atoms with van der Waals surface area (Å²) in [4.78, 5) is 4.61. The quantitative estimate of drug-likeness (QED) is 0.867. The molecule has 4 nitrogen and oxygen atoms in total. The van der Waals surface area contributed by atoms with Crippen LogP contribution in [0.3, 0.4) is 0 Å². The smallest absolute Gasteiger partial charge is 0.132 e. The van der Waals surface area contributed by atoms with Crippen LogP contribution in [0.5, 0.6) is 0 Å². The zero-order chi connectivity index (χ0) is 14.7. The minimum atomic E-state index is 0.234. The van der Waals surface area contributed by atoms with Crippen molar-refractivity contribution in [1.29, 1.82) is 5.26 Å². The number of aromatic nitrogens is 2. The maximum atomic E-state index is 8.83. The van der Waals surface area contributed by atoms with Gasteiger partial charge in [-0.3, -0.25) is 0 Å². The van der Waals surface area contributed by atoms with Gasteiger partial charge in [0.2, 0.25) is 0 Å². The summed E-state index contributed by atoms with van der Waals surface area (Å²) in [7, 11) is 0. The van der Waals surface area contributed by atoms with Gasteiger partial charge in [-0.1, -0.05) is 31.9 Å². The molecule has 0 saturated heterocycles. The lowest BCUT2D eigenvalue weighted by atomic mass is 10.1. The van der Waals surface area contributed by atoms with Crippen LogP contribution in [0.4, 0.5) is 5.82 Å². The molecule has 0 aliphatic carbocycles. The van der Waals surface area contributed by atoms with Crippen molar-refractivity contribution in [2.24, 2.45) is 0 Å². The normalized spacial score (nSPS) is 10.2. The fraction of sp³-hybridized carbons (Fsp3) is 0.250. The minimum absolute atomic E-state index is 0.234. The van der Waals surface area contributed by atoms with Crippen molar-refractivity contribution in [3.8, 4) is 29.7 Å². The van der Waals surface area contributed by atoms with Gasteiger partial charge in [-0.05, 0) is 12.1 Å². The third kappa shape index (κ3) is 2.37. The molecule has 1 aromatic heterocycles. The van der Waals surface area contributed by atoms with E-state index in [1.54, 1.807) is 12.1 Å². The van der Waals surface area contributed by atoms with Crippen LogP contribution in [-0.2, 0) is 6.54 Å². The van der Waals surface area contributed by atoms with E-state index >= 15 is 0 Å². The number of nitrogen functional groups attached to an aromatic ring is 1. The number of rotatable bonds is 3. The summed E-state index contributed by atoms with van der Waals surface area (Å²) in [6.07, 6.45) is 5.39. The molecule has 0 fully saturated rings. The second-order valence-corrected chi connectivity index (χ2v) is 4.84. The topological polar surface area (TPSA) is 67.6 Å². The van der Waals surface area contributed by atoms with Gasteiger partial charge in [0, 0.05) is 11.5 Å². The van der Waals surface area contributed by atoms with E-state index in [0.717, 1.165) is 11.4 Å². The number of nitriles is 1. The molecule has 0 amide bonds. The fourth-order valence-corrected chi connectivity index (χ4v) is 2.10. The number of benzene rings is 1. The Kier molecular flexibility index (Phi) is 3.77. The highest BCUT2D eigenvalue weighted by molar-refractivity contribution is 5.71. The standard InChI is InChI=1S/C16H16N4/c1-4-9-20-15(18)14(19-16(20)11(2)3)13-7-5-12(10-17)6-8-13/h1,5-8,11H,9,18H2,2-3H3. The van der Waals surface area contributed by atoms with E-state index in [4.69, 9.17) is 17.4 Å². The molecular weight excluding hydrogens is 248 g/mol. The van der Waals surface area contributed by atoms with Crippen molar-refractivity contribution in [3.05, 3.63) is 35.7 Å². The van der Waals surface area contributed by atoms with E-state index in [2.05, 4.69) is 30.8 Å². The summed E-state index contributed by atoms with van der Waals surface area (Å²) in [6.45, 7) is 4.51. The molecule has 0 spiro atoms. The van der Waals surface area contributed by atoms with Crippen molar-refractivity contribution >= 4 is 5.82 Å². The zero-order valence-electron chi connectivity index (χ0n) is 11.6. The first-order chi connectivity index (χ1) is 9.58. The van der Waals surface area contributed by atoms with E-state index in [1.165, 1.54) is 0 Å². The van der Waals surface area contributed by atoms with Gasteiger partial charge in [0.1, 0.15) is 17.3 Å². The highest BCUT2D eigenvalue weighted by Gasteiger charge is 2.17. The maximum Gasteiger partial charge on any atom is 0.132 e. The van der Waals surface area contributed by atoms with Crippen LogP contribution < -0.4 is 5.73 Å². The Bertz CT molecular complexity index is 694.